The van der Waals surface area contributed by atoms with Crippen molar-refractivity contribution in [3.63, 3.8) is 0 Å². The fraction of sp³-hybridized carbons (Fsp3) is 0.389. The van der Waals surface area contributed by atoms with E-state index >= 15 is 0 Å². The molecular weight excluding hydrogens is 340 g/mol. The number of anilines is 2. The van der Waals surface area contributed by atoms with E-state index in [0.29, 0.717) is 16.5 Å². The van der Waals surface area contributed by atoms with Gasteiger partial charge in [0.2, 0.25) is 0 Å². The quantitative estimate of drug-likeness (QED) is 0.768. The molecule has 0 aliphatic heterocycles. The number of nitrogens with one attached hydrogen (secondary N) is 1. The van der Waals surface area contributed by atoms with Crippen molar-refractivity contribution < 1.29 is 9.53 Å². The number of benzene rings is 1. The Labute approximate surface area is 153 Å². The van der Waals surface area contributed by atoms with Crippen LogP contribution in [0.1, 0.15) is 37.2 Å². The van der Waals surface area contributed by atoms with Crippen molar-refractivity contribution in [1.82, 2.24) is 9.97 Å². The maximum atomic E-state index is 12.4. The van der Waals surface area contributed by atoms with Crippen LogP contribution in [0.5, 0.6) is 5.75 Å². The van der Waals surface area contributed by atoms with E-state index in [0.717, 1.165) is 31.7 Å². The van der Waals surface area contributed by atoms with Crippen LogP contribution in [-0.2, 0) is 0 Å². The van der Waals surface area contributed by atoms with Crippen molar-refractivity contribution in [2.75, 3.05) is 30.4 Å². The second kappa shape index (κ2) is 9.22. The van der Waals surface area contributed by atoms with Crippen LogP contribution in [-0.4, -0.2) is 36.1 Å². The smallest absolute Gasteiger partial charge is 0.275 e. The van der Waals surface area contributed by atoms with Crippen LogP contribution in [0.3, 0.4) is 0 Å². The predicted molar refractivity (Wildman–Crippen MR) is 101 cm³/mol. The van der Waals surface area contributed by atoms with Gasteiger partial charge in [-0.3, -0.25) is 4.79 Å². The Morgan fingerprint density at radius 1 is 1.20 bits per heavy atom. The van der Waals surface area contributed by atoms with E-state index in [1.165, 1.54) is 13.3 Å². The highest BCUT2D eigenvalue weighted by Crippen LogP contribution is 2.28. The molecule has 7 heteroatoms. The second-order valence-corrected chi connectivity index (χ2v) is 5.98. The molecule has 1 amide bonds. The van der Waals surface area contributed by atoms with Crippen molar-refractivity contribution in [2.24, 2.45) is 0 Å². The first-order valence-corrected chi connectivity index (χ1v) is 8.68. The lowest BCUT2D eigenvalue weighted by atomic mass is 10.2. The van der Waals surface area contributed by atoms with E-state index in [4.69, 9.17) is 16.3 Å². The molecule has 0 atom stereocenters. The van der Waals surface area contributed by atoms with Crippen LogP contribution in [0.2, 0.25) is 5.02 Å². The van der Waals surface area contributed by atoms with Gasteiger partial charge in [-0.15, -0.1) is 0 Å². The van der Waals surface area contributed by atoms with Crippen molar-refractivity contribution in [3.05, 3.63) is 41.3 Å². The van der Waals surface area contributed by atoms with Gasteiger partial charge < -0.3 is 15.0 Å². The summed E-state index contributed by atoms with van der Waals surface area (Å²) in [5.41, 5.74) is 0.725. The normalized spacial score (nSPS) is 10.4. The highest BCUT2D eigenvalue weighted by atomic mass is 35.5. The molecule has 0 unspecified atom stereocenters. The number of carbonyl (C=O) groups is 1. The van der Waals surface area contributed by atoms with Gasteiger partial charge in [0.1, 0.15) is 17.3 Å². The molecule has 0 radical (unpaired) electrons. The fourth-order valence-electron chi connectivity index (χ4n) is 2.45. The molecule has 1 aromatic carbocycles. The number of hydrogen-bond acceptors (Lipinski definition) is 5. The first-order valence-electron chi connectivity index (χ1n) is 8.30. The third-order valence-corrected chi connectivity index (χ3v) is 3.83. The number of halogens is 1. The van der Waals surface area contributed by atoms with Gasteiger partial charge in [-0.1, -0.05) is 25.4 Å². The molecule has 0 fully saturated rings. The number of rotatable bonds is 8. The van der Waals surface area contributed by atoms with Crippen molar-refractivity contribution in [2.45, 2.75) is 26.7 Å². The van der Waals surface area contributed by atoms with Crippen LogP contribution in [0, 0.1) is 0 Å². The predicted octanol–water partition coefficient (Wildman–Crippen LogP) is 4.02. The topological polar surface area (TPSA) is 67.4 Å². The Morgan fingerprint density at radius 2 is 1.92 bits per heavy atom. The summed E-state index contributed by atoms with van der Waals surface area (Å²) in [6.45, 7) is 6.06. The highest BCUT2D eigenvalue weighted by Gasteiger charge is 2.13. The number of hydrogen-bond donors (Lipinski definition) is 1. The average molecular weight is 363 g/mol. The van der Waals surface area contributed by atoms with Crippen molar-refractivity contribution in [3.8, 4) is 5.75 Å². The Balaban J connectivity index is 2.14. The van der Waals surface area contributed by atoms with Gasteiger partial charge in [0.15, 0.2) is 0 Å². The minimum absolute atomic E-state index is 0.235. The highest BCUT2D eigenvalue weighted by molar-refractivity contribution is 6.31. The molecule has 6 nitrogen and oxygen atoms in total. The molecule has 0 aliphatic carbocycles. The zero-order chi connectivity index (χ0) is 18.2. The molecule has 0 aliphatic rings. The van der Waals surface area contributed by atoms with Gasteiger partial charge >= 0.3 is 0 Å². The van der Waals surface area contributed by atoms with Crippen LogP contribution in [0.15, 0.2) is 30.6 Å². The summed E-state index contributed by atoms with van der Waals surface area (Å²) in [6, 6.07) is 5.02. The molecule has 1 heterocycles. The maximum absolute atomic E-state index is 12.4. The van der Waals surface area contributed by atoms with E-state index in [9.17, 15) is 4.79 Å². The summed E-state index contributed by atoms with van der Waals surface area (Å²) in [4.78, 5) is 23.2. The lowest BCUT2D eigenvalue weighted by Gasteiger charge is -2.22. The SMILES string of the molecule is CCCN(CCC)c1cnc(C(=O)Nc2cc(Cl)ccc2OC)cn1. The molecule has 25 heavy (non-hydrogen) atoms. The lowest BCUT2D eigenvalue weighted by Crippen LogP contribution is -2.26. The number of methoxy groups -OCH3 is 1. The Hall–Kier alpha value is -2.34. The number of ether oxygens (including phenoxy) is 1. The van der Waals surface area contributed by atoms with E-state index in [-0.39, 0.29) is 11.6 Å². The number of amides is 1. The Morgan fingerprint density at radius 3 is 2.48 bits per heavy atom. The van der Waals surface area contributed by atoms with E-state index in [1.54, 1.807) is 24.4 Å². The zero-order valence-electron chi connectivity index (χ0n) is 14.8. The van der Waals surface area contributed by atoms with Crippen LogP contribution in [0.4, 0.5) is 11.5 Å². The molecule has 0 saturated heterocycles. The minimum atomic E-state index is -0.364. The summed E-state index contributed by atoms with van der Waals surface area (Å²) in [5, 5.41) is 3.26. The first-order chi connectivity index (χ1) is 12.1. The third-order valence-electron chi connectivity index (χ3n) is 3.59. The molecular formula is C18H23ClN4O2. The zero-order valence-corrected chi connectivity index (χ0v) is 15.5. The molecule has 134 valence electrons. The summed E-state index contributed by atoms with van der Waals surface area (Å²) in [5.74, 6) is 0.942. The Kier molecular flexibility index (Phi) is 7.01. The fourth-order valence-corrected chi connectivity index (χ4v) is 2.62. The first kappa shape index (κ1) is 19.0. The van der Waals surface area contributed by atoms with Gasteiger partial charge in [-0.05, 0) is 31.0 Å². The van der Waals surface area contributed by atoms with Crippen molar-refractivity contribution >= 4 is 29.0 Å². The van der Waals surface area contributed by atoms with Gasteiger partial charge in [-0.25, -0.2) is 9.97 Å². The molecule has 0 saturated carbocycles. The summed E-state index contributed by atoms with van der Waals surface area (Å²) in [7, 11) is 1.53. The number of aromatic nitrogens is 2. The molecule has 1 aromatic heterocycles. The van der Waals surface area contributed by atoms with E-state index < -0.39 is 0 Å². The van der Waals surface area contributed by atoms with Crippen LogP contribution in [0.25, 0.3) is 0 Å². The van der Waals surface area contributed by atoms with Crippen molar-refractivity contribution in [1.29, 1.82) is 0 Å². The van der Waals surface area contributed by atoms with Gasteiger partial charge in [-0.2, -0.15) is 0 Å². The molecule has 1 N–H and O–H groups in total. The summed E-state index contributed by atoms with van der Waals surface area (Å²) < 4.78 is 5.23. The second-order valence-electron chi connectivity index (χ2n) is 5.55. The van der Waals surface area contributed by atoms with Gasteiger partial charge in [0.25, 0.3) is 5.91 Å². The van der Waals surface area contributed by atoms with Crippen LogP contribution >= 0.6 is 11.6 Å². The third kappa shape index (κ3) is 5.06. The average Bonchev–Trinajstić information content (AvgIpc) is 2.62. The maximum Gasteiger partial charge on any atom is 0.275 e. The van der Waals surface area contributed by atoms with Gasteiger partial charge in [0, 0.05) is 18.1 Å². The molecule has 2 aromatic rings. The molecule has 2 rings (SSSR count). The van der Waals surface area contributed by atoms with E-state index in [1.807, 2.05) is 0 Å². The lowest BCUT2D eigenvalue weighted by molar-refractivity contribution is 0.102. The minimum Gasteiger partial charge on any atom is -0.495 e. The standard InChI is InChI=1S/C18H23ClN4O2/c1-4-8-23(9-5-2)17-12-20-15(11-21-17)18(24)22-14-10-13(19)6-7-16(14)25-3/h6-7,10-12H,4-5,8-9H2,1-3H3,(H,22,24). The molecule has 0 bridgehead atoms. The van der Waals surface area contributed by atoms with Gasteiger partial charge in [0.05, 0.1) is 25.2 Å². The summed E-state index contributed by atoms with van der Waals surface area (Å²) in [6.07, 6.45) is 5.17. The van der Waals surface area contributed by atoms with E-state index in [2.05, 4.69) is 34.0 Å². The van der Waals surface area contributed by atoms with Crippen LogP contribution < -0.4 is 15.0 Å². The monoisotopic (exact) mass is 362 g/mol. The number of nitrogens with zero attached hydrogens (tertiary/aromatic N) is 3. The number of carbonyl (C=O) groups excluding carboxylic acids is 1. The molecule has 0 spiro atoms. The Bertz CT molecular complexity index is 701. The summed E-state index contributed by atoms with van der Waals surface area (Å²) >= 11 is 5.98. The largest absolute Gasteiger partial charge is 0.495 e.